The van der Waals surface area contributed by atoms with Gasteiger partial charge in [-0.2, -0.15) is 0 Å². The van der Waals surface area contributed by atoms with Crippen LogP contribution in [0.15, 0.2) is 261 Å². The Labute approximate surface area is 417 Å². The van der Waals surface area contributed by atoms with Crippen molar-refractivity contribution in [3.63, 3.8) is 0 Å². The second-order valence-corrected chi connectivity index (χ2v) is 27.1. The molecule has 65 heavy (non-hydrogen) atoms. The molecule has 9 aromatic carbocycles. The molecule has 0 bridgehead atoms. The monoisotopic (exact) mass is 1040 g/mol. The van der Waals surface area contributed by atoms with Crippen molar-refractivity contribution in [2.45, 2.75) is 0 Å². The van der Waals surface area contributed by atoms with Crippen molar-refractivity contribution in [2.24, 2.45) is 0 Å². The van der Waals surface area contributed by atoms with E-state index in [2.05, 4.69) is 261 Å². The first-order valence-corrected chi connectivity index (χ1v) is 29.4. The maximum absolute atomic E-state index is 2.50. The van der Waals surface area contributed by atoms with Crippen molar-refractivity contribution in [1.29, 1.82) is 0 Å². The van der Waals surface area contributed by atoms with E-state index in [0.29, 0.717) is 0 Å². The maximum atomic E-state index is 2.50. The van der Waals surface area contributed by atoms with Gasteiger partial charge in [-0.25, -0.2) is 0 Å². The van der Waals surface area contributed by atoms with Crippen LogP contribution >= 0.6 is 31.7 Å². The Balaban J connectivity index is 0.00000210. The summed E-state index contributed by atoms with van der Waals surface area (Å²) in [5.74, 6) is 0. The van der Waals surface area contributed by atoms with Gasteiger partial charge in [0.25, 0.3) is 0 Å². The zero-order chi connectivity index (χ0) is 42.5. The molecule has 325 valence electrons. The third-order valence-electron chi connectivity index (χ3n) is 11.5. The summed E-state index contributed by atoms with van der Waals surface area (Å²) in [6.45, 7) is 0. The van der Waals surface area contributed by atoms with Gasteiger partial charge in [-0.3, -0.25) is 0 Å². The molecule has 0 N–H and O–H groups in total. The molecule has 0 aliphatic carbocycles. The summed E-state index contributed by atoms with van der Waals surface area (Å²) in [5, 5.41) is 16.3. The fraction of sp³-hybridized carbons (Fsp3) is 0.0690. The molecule has 0 fully saturated rings. The zero-order valence-electron chi connectivity index (χ0n) is 36.2. The first-order chi connectivity index (χ1) is 31.3. The molecule has 0 aliphatic rings. The molecule has 9 aromatic rings. The number of rotatable bonds is 17. The fourth-order valence-electron chi connectivity index (χ4n) is 8.54. The number of benzene rings is 9. The summed E-state index contributed by atoms with van der Waals surface area (Å²) in [4.78, 5) is 0. The first kappa shape index (κ1) is 48.8. The molecule has 0 saturated heterocycles. The van der Waals surface area contributed by atoms with Gasteiger partial charge in [0.05, 0.1) is 0 Å². The Morgan fingerprint density at radius 3 is 0.769 bits per heavy atom. The summed E-state index contributed by atoms with van der Waals surface area (Å²) in [6.07, 6.45) is 4.51. The summed E-state index contributed by atoms with van der Waals surface area (Å²) < 4.78 is 0. The van der Waals surface area contributed by atoms with Crippen LogP contribution in [0.3, 0.4) is 0 Å². The van der Waals surface area contributed by atoms with E-state index in [-0.39, 0.29) is 36.3 Å². The Morgan fingerprint density at radius 2 is 0.477 bits per heavy atom. The third kappa shape index (κ3) is 12.3. The zero-order valence-corrected chi connectivity index (χ0v) is 43.6. The molecule has 1 radical (unpaired) electrons. The first-order valence-electron chi connectivity index (χ1n) is 21.8. The Morgan fingerprint density at radius 1 is 0.262 bits per heavy atom. The van der Waals surface area contributed by atoms with Crippen LogP contribution in [0.1, 0.15) is 2.85 Å². The van der Waals surface area contributed by atoms with Crippen LogP contribution in [-0.2, 0) is 21.1 Å². The van der Waals surface area contributed by atoms with Gasteiger partial charge >= 0.3 is 0 Å². The minimum Gasteiger partial charge on any atom is -1.00 e. The molecule has 0 aliphatic heterocycles. The summed E-state index contributed by atoms with van der Waals surface area (Å²) in [7, 11) is -3.91. The van der Waals surface area contributed by atoms with Gasteiger partial charge in [0, 0.05) is 23.9 Å². The maximum Gasteiger partial charge on any atom is 0.156 e. The molecule has 0 aromatic heterocycles. The smallest absolute Gasteiger partial charge is 0.156 e. The van der Waals surface area contributed by atoms with Crippen LogP contribution in [0.25, 0.3) is 0 Å². The third-order valence-corrected chi connectivity index (χ3v) is 25.6. The van der Waals surface area contributed by atoms with Crippen molar-refractivity contribution >= 4 is 98.5 Å². The normalized spacial score (nSPS) is 12.0. The predicted molar refractivity (Wildman–Crippen MR) is 291 cm³/mol. The quantitative estimate of drug-likeness (QED) is 0.0534. The van der Waals surface area contributed by atoms with Gasteiger partial charge in [-0.05, 0) is 109 Å². The van der Waals surface area contributed by atoms with E-state index >= 15 is 0 Å². The van der Waals surface area contributed by atoms with Gasteiger partial charge in [-0.1, -0.05) is 266 Å². The van der Waals surface area contributed by atoms with Crippen molar-refractivity contribution in [1.82, 2.24) is 0 Å². The standard InChI is InChI=1S/C58H51P4Si.ClH.Mo.2H2/c1-8-26-48(27-9-1)59(49-28-10-2-11-29-49)44-46-61(52-34-16-5-17-35-52)55-40-22-24-42-57(55)63(54-38-20-7-21-39-54)58-43-25-23-41-56(58)62(53-36-18-6-19-37-53)47-45-60(50-30-12-3-13-31-50)51-32-14-4-15-33-51;;;;/h1-43H,44-47H2;1H;;2*1H/p-1. The number of hydrogen-bond donors (Lipinski definition) is 0. The molecule has 0 heterocycles. The topological polar surface area (TPSA) is 0 Å². The van der Waals surface area contributed by atoms with E-state index in [0.717, 1.165) is 24.6 Å². The molecule has 7 heteroatoms. The van der Waals surface area contributed by atoms with E-state index in [9.17, 15) is 0 Å². The molecule has 0 amide bonds. The van der Waals surface area contributed by atoms with Crippen LogP contribution in [0, 0.1) is 0 Å². The van der Waals surface area contributed by atoms with Crippen molar-refractivity contribution in [3.8, 4) is 0 Å². The van der Waals surface area contributed by atoms with Gasteiger partial charge in [0.1, 0.15) is 0 Å². The minimum absolute atomic E-state index is 0. The predicted octanol–water partition coefficient (Wildman–Crippen LogP) is 6.83. The minimum atomic E-state index is -1.48. The van der Waals surface area contributed by atoms with Crippen LogP contribution in [0.4, 0.5) is 0 Å². The average molecular weight is 1040 g/mol. The van der Waals surface area contributed by atoms with Crippen LogP contribution in [0.5, 0.6) is 0 Å². The van der Waals surface area contributed by atoms with Crippen LogP contribution < -0.4 is 70.4 Å². The van der Waals surface area contributed by atoms with Gasteiger partial charge in [0.2, 0.25) is 0 Å². The van der Waals surface area contributed by atoms with Gasteiger partial charge in [-0.15, -0.1) is 0 Å². The second-order valence-electron chi connectivity index (χ2n) is 15.4. The molecule has 2 unspecified atom stereocenters. The molecule has 0 nitrogen and oxygen atoms in total. The molecular formula is C58H55ClMoP4Si-. The van der Waals surface area contributed by atoms with E-state index in [4.69, 9.17) is 0 Å². The Bertz CT molecular complexity index is 2520. The van der Waals surface area contributed by atoms with E-state index in [1.165, 1.54) is 58.0 Å². The summed E-state index contributed by atoms with van der Waals surface area (Å²) in [6, 6.07) is 98.7. The van der Waals surface area contributed by atoms with Gasteiger partial charge < -0.3 is 12.4 Å². The number of halogens is 1. The van der Waals surface area contributed by atoms with E-state index < -0.39 is 40.5 Å². The molecule has 0 saturated carbocycles. The van der Waals surface area contributed by atoms with Crippen LogP contribution in [-0.4, -0.2) is 33.4 Å². The van der Waals surface area contributed by atoms with Crippen molar-refractivity contribution < 1.29 is 36.3 Å². The average Bonchev–Trinajstić information content (AvgIpc) is 3.37. The molecule has 0 spiro atoms. The molecular weight excluding hydrogens is 980 g/mol. The fourth-order valence-corrected chi connectivity index (χ4v) is 23.5. The SMILES string of the molecule is [Cl-].[HH].[HH].[Mo].c1ccc([Si](c2ccccc2P(CCP(c2ccccc2)c2ccccc2)c2ccccc2)c2ccccc2P(CCP(c2ccccc2)c2ccccc2)c2ccccc2)cc1. The van der Waals surface area contributed by atoms with E-state index in [1.807, 2.05) is 0 Å². The number of hydrogen-bond acceptors (Lipinski definition) is 0. The van der Waals surface area contributed by atoms with Crippen molar-refractivity contribution in [3.05, 3.63) is 261 Å². The molecule has 2 atom stereocenters. The van der Waals surface area contributed by atoms with Gasteiger partial charge in [0.15, 0.2) is 8.80 Å². The summed E-state index contributed by atoms with van der Waals surface area (Å²) >= 11 is 0. The van der Waals surface area contributed by atoms with Crippen molar-refractivity contribution in [2.75, 3.05) is 24.6 Å². The Kier molecular flexibility index (Phi) is 18.9. The second kappa shape index (κ2) is 25.1. The molecule has 9 rings (SSSR count). The summed E-state index contributed by atoms with van der Waals surface area (Å²) in [5.41, 5.74) is 0. The Hall–Kier alpha value is -4.10. The van der Waals surface area contributed by atoms with Crippen LogP contribution in [0.2, 0.25) is 0 Å². The van der Waals surface area contributed by atoms with E-state index in [1.54, 1.807) is 0 Å². The largest absolute Gasteiger partial charge is 1.00 e.